The quantitative estimate of drug-likeness (QED) is 0.555. The summed E-state index contributed by atoms with van der Waals surface area (Å²) in [6.07, 6.45) is 14.1. The molecule has 0 atom stereocenters. The maximum absolute atomic E-state index is 5.79. The van der Waals surface area contributed by atoms with Gasteiger partial charge in [0.1, 0.15) is 0 Å². The largest absolute Gasteiger partial charge is 0.314 e. The number of allylic oxidation sites excluding steroid dienone is 7. The molecular formula is C20H24ClN. The Balaban J connectivity index is 0.00000116. The van der Waals surface area contributed by atoms with Gasteiger partial charge < -0.3 is 4.90 Å². The molecule has 1 aliphatic rings. The van der Waals surface area contributed by atoms with Gasteiger partial charge in [-0.15, -0.1) is 0 Å². The van der Waals surface area contributed by atoms with E-state index in [0.29, 0.717) is 0 Å². The average molecular weight is 314 g/mol. The fourth-order valence-corrected chi connectivity index (χ4v) is 2.35. The number of para-hydroxylation sites is 1. The van der Waals surface area contributed by atoms with E-state index >= 15 is 0 Å². The van der Waals surface area contributed by atoms with Crippen molar-refractivity contribution in [1.82, 2.24) is 0 Å². The second kappa shape index (κ2) is 10.7. The Morgan fingerprint density at radius 3 is 2.50 bits per heavy atom. The SMILES string of the molecule is C=C/C=C(\C=C/Cl)N(C1=CC=CCC1)c1ccccc1.CC. The minimum atomic E-state index is 1.00. The van der Waals surface area contributed by atoms with Gasteiger partial charge in [0, 0.05) is 22.6 Å². The molecule has 0 N–H and O–H groups in total. The maximum Gasteiger partial charge on any atom is 0.0466 e. The first-order valence-electron chi connectivity index (χ1n) is 7.67. The number of hydrogen-bond donors (Lipinski definition) is 0. The van der Waals surface area contributed by atoms with Crippen molar-refractivity contribution in [3.63, 3.8) is 0 Å². The first-order valence-corrected chi connectivity index (χ1v) is 8.11. The first kappa shape index (κ1) is 18.1. The number of halogens is 1. The highest BCUT2D eigenvalue weighted by atomic mass is 35.5. The van der Waals surface area contributed by atoms with Crippen molar-refractivity contribution in [1.29, 1.82) is 0 Å². The van der Waals surface area contributed by atoms with Gasteiger partial charge >= 0.3 is 0 Å². The fourth-order valence-electron chi connectivity index (χ4n) is 2.22. The molecule has 0 spiro atoms. The third-order valence-electron chi connectivity index (χ3n) is 3.07. The van der Waals surface area contributed by atoms with Crippen molar-refractivity contribution in [2.24, 2.45) is 0 Å². The van der Waals surface area contributed by atoms with Crippen LogP contribution in [0.25, 0.3) is 0 Å². The van der Waals surface area contributed by atoms with Crippen molar-refractivity contribution in [2.75, 3.05) is 4.90 Å². The van der Waals surface area contributed by atoms with Gasteiger partial charge in [0.2, 0.25) is 0 Å². The highest BCUT2D eigenvalue weighted by molar-refractivity contribution is 6.25. The molecule has 2 heteroatoms. The van der Waals surface area contributed by atoms with Crippen molar-refractivity contribution in [3.05, 3.63) is 90.3 Å². The predicted octanol–water partition coefficient (Wildman–Crippen LogP) is 6.58. The van der Waals surface area contributed by atoms with Crippen LogP contribution in [0.3, 0.4) is 0 Å². The van der Waals surface area contributed by atoms with E-state index < -0.39 is 0 Å². The molecule has 0 radical (unpaired) electrons. The molecule has 0 saturated heterocycles. The molecule has 0 amide bonds. The minimum absolute atomic E-state index is 1.00. The zero-order valence-corrected chi connectivity index (χ0v) is 14.1. The Kier molecular flexibility index (Phi) is 8.78. The van der Waals surface area contributed by atoms with E-state index in [1.165, 1.54) is 11.2 Å². The lowest BCUT2D eigenvalue weighted by Gasteiger charge is -2.29. The molecule has 0 heterocycles. The Labute approximate surface area is 139 Å². The minimum Gasteiger partial charge on any atom is -0.314 e. The summed E-state index contributed by atoms with van der Waals surface area (Å²) < 4.78 is 0. The highest BCUT2D eigenvalue weighted by Gasteiger charge is 2.15. The normalized spacial score (nSPS) is 14.1. The molecule has 0 bridgehead atoms. The van der Waals surface area contributed by atoms with E-state index in [0.717, 1.165) is 24.2 Å². The van der Waals surface area contributed by atoms with E-state index in [4.69, 9.17) is 11.6 Å². The topological polar surface area (TPSA) is 3.24 Å². The number of benzene rings is 1. The molecule has 22 heavy (non-hydrogen) atoms. The van der Waals surface area contributed by atoms with Crippen LogP contribution in [0.1, 0.15) is 26.7 Å². The van der Waals surface area contributed by atoms with E-state index in [1.54, 1.807) is 6.08 Å². The van der Waals surface area contributed by atoms with Crippen LogP contribution in [0.2, 0.25) is 0 Å². The molecule has 116 valence electrons. The zero-order valence-electron chi connectivity index (χ0n) is 13.4. The molecule has 1 nitrogen and oxygen atoms in total. The van der Waals surface area contributed by atoms with Gasteiger partial charge in [-0.1, -0.05) is 68.5 Å². The smallest absolute Gasteiger partial charge is 0.0466 e. The van der Waals surface area contributed by atoms with Gasteiger partial charge in [-0.3, -0.25) is 0 Å². The molecule has 0 unspecified atom stereocenters. The summed E-state index contributed by atoms with van der Waals surface area (Å²) >= 11 is 5.79. The van der Waals surface area contributed by atoms with Crippen LogP contribution in [-0.4, -0.2) is 0 Å². The molecular weight excluding hydrogens is 290 g/mol. The summed E-state index contributed by atoms with van der Waals surface area (Å²) in [5.41, 5.74) is 4.91. The van der Waals surface area contributed by atoms with Gasteiger partial charge in [-0.05, 0) is 43.2 Å². The van der Waals surface area contributed by atoms with Crippen LogP contribution in [0.5, 0.6) is 0 Å². The summed E-state index contributed by atoms with van der Waals surface area (Å²) in [5.74, 6) is 0. The Hall–Kier alpha value is -1.99. The molecule has 1 aromatic carbocycles. The zero-order chi connectivity index (χ0) is 16.2. The summed E-state index contributed by atoms with van der Waals surface area (Å²) in [6.45, 7) is 7.79. The standard InChI is InChI=1S/C18H18ClN.C2H6/c1-2-9-16(14-15-19)20(17-10-5-3-6-11-17)18-12-7-4-8-13-18;1-2/h2-7,9-12,14-15H,1,8,13H2;1-2H3/b15-14-,16-9+;. The van der Waals surface area contributed by atoms with Gasteiger partial charge in [0.05, 0.1) is 0 Å². The van der Waals surface area contributed by atoms with Crippen LogP contribution in [0.15, 0.2) is 90.3 Å². The molecule has 0 aliphatic heterocycles. The van der Waals surface area contributed by atoms with Crippen molar-refractivity contribution in [2.45, 2.75) is 26.7 Å². The maximum atomic E-state index is 5.79. The van der Waals surface area contributed by atoms with Crippen LogP contribution >= 0.6 is 11.6 Å². The molecule has 1 aromatic rings. The average Bonchev–Trinajstić information content (AvgIpc) is 2.59. The summed E-state index contributed by atoms with van der Waals surface area (Å²) in [4.78, 5) is 2.21. The molecule has 0 saturated carbocycles. The monoisotopic (exact) mass is 313 g/mol. The van der Waals surface area contributed by atoms with Crippen LogP contribution in [0.4, 0.5) is 5.69 Å². The second-order valence-corrected chi connectivity index (χ2v) is 4.67. The summed E-state index contributed by atoms with van der Waals surface area (Å²) in [6, 6.07) is 10.3. The molecule has 0 fully saturated rings. The number of nitrogens with zero attached hydrogens (tertiary/aromatic N) is 1. The third-order valence-corrected chi connectivity index (χ3v) is 3.20. The predicted molar refractivity (Wildman–Crippen MR) is 100.0 cm³/mol. The van der Waals surface area contributed by atoms with E-state index in [2.05, 4.69) is 41.8 Å². The Bertz CT molecular complexity index is 565. The lowest BCUT2D eigenvalue weighted by atomic mass is 10.1. The van der Waals surface area contributed by atoms with Gasteiger partial charge in [-0.25, -0.2) is 0 Å². The Morgan fingerprint density at radius 2 is 1.95 bits per heavy atom. The first-order chi connectivity index (χ1) is 10.9. The highest BCUT2D eigenvalue weighted by Crippen LogP contribution is 2.29. The van der Waals surface area contributed by atoms with Crippen molar-refractivity contribution in [3.8, 4) is 0 Å². The van der Waals surface area contributed by atoms with Gasteiger partial charge in [-0.2, -0.15) is 0 Å². The molecule has 2 rings (SSSR count). The fraction of sp³-hybridized carbons (Fsp3) is 0.200. The number of hydrogen-bond acceptors (Lipinski definition) is 1. The molecule has 0 aromatic heterocycles. The van der Waals surface area contributed by atoms with E-state index in [1.807, 2.05) is 44.2 Å². The van der Waals surface area contributed by atoms with E-state index in [9.17, 15) is 0 Å². The Morgan fingerprint density at radius 1 is 1.23 bits per heavy atom. The van der Waals surface area contributed by atoms with Gasteiger partial charge in [0.15, 0.2) is 0 Å². The summed E-state index contributed by atoms with van der Waals surface area (Å²) in [7, 11) is 0. The number of anilines is 1. The summed E-state index contributed by atoms with van der Waals surface area (Å²) in [5, 5.41) is 0. The van der Waals surface area contributed by atoms with Crippen molar-refractivity contribution < 1.29 is 0 Å². The number of rotatable bonds is 5. The third kappa shape index (κ3) is 5.09. The van der Waals surface area contributed by atoms with Gasteiger partial charge in [0.25, 0.3) is 0 Å². The van der Waals surface area contributed by atoms with Crippen LogP contribution in [0, 0.1) is 0 Å². The van der Waals surface area contributed by atoms with Crippen LogP contribution < -0.4 is 4.90 Å². The van der Waals surface area contributed by atoms with Crippen LogP contribution in [-0.2, 0) is 0 Å². The lowest BCUT2D eigenvalue weighted by molar-refractivity contribution is 0.901. The second-order valence-electron chi connectivity index (χ2n) is 4.42. The molecule has 1 aliphatic carbocycles. The van der Waals surface area contributed by atoms with Crippen molar-refractivity contribution >= 4 is 17.3 Å². The van der Waals surface area contributed by atoms with E-state index in [-0.39, 0.29) is 0 Å². The lowest BCUT2D eigenvalue weighted by Crippen LogP contribution is -2.21.